The van der Waals surface area contributed by atoms with Gasteiger partial charge in [0.1, 0.15) is 15.6 Å². The smallest absolute Gasteiger partial charge is 0.147 e. The molecule has 1 aromatic carbocycles. The van der Waals surface area contributed by atoms with E-state index in [1.807, 2.05) is 25.1 Å². The molecular formula is C12H20N2O3S. The van der Waals surface area contributed by atoms with Crippen molar-refractivity contribution < 1.29 is 13.2 Å². The Hall–Kier alpha value is -1.11. The van der Waals surface area contributed by atoms with Crippen LogP contribution in [0.1, 0.15) is 23.6 Å². The molecule has 0 radical (unpaired) electrons. The van der Waals surface area contributed by atoms with Gasteiger partial charge in [0.25, 0.3) is 0 Å². The molecule has 1 aromatic rings. The van der Waals surface area contributed by atoms with Crippen LogP contribution >= 0.6 is 0 Å². The second-order valence-corrected chi connectivity index (χ2v) is 6.64. The molecule has 102 valence electrons. The minimum absolute atomic E-state index is 0.0823. The van der Waals surface area contributed by atoms with Crippen molar-refractivity contribution in [1.29, 1.82) is 0 Å². The largest absolute Gasteiger partial charge is 0.496 e. The summed E-state index contributed by atoms with van der Waals surface area (Å²) in [6, 6.07) is 5.50. The van der Waals surface area contributed by atoms with E-state index in [0.29, 0.717) is 12.2 Å². The van der Waals surface area contributed by atoms with Crippen molar-refractivity contribution in [3.63, 3.8) is 0 Å². The summed E-state index contributed by atoms with van der Waals surface area (Å²) in [6.07, 6.45) is 1.63. The van der Waals surface area contributed by atoms with Crippen LogP contribution in [0.2, 0.25) is 0 Å². The zero-order valence-corrected chi connectivity index (χ0v) is 11.8. The van der Waals surface area contributed by atoms with Crippen LogP contribution in [-0.4, -0.2) is 27.5 Å². The van der Waals surface area contributed by atoms with E-state index in [1.165, 1.54) is 6.26 Å². The second-order valence-electron chi connectivity index (χ2n) is 4.38. The molecule has 3 N–H and O–H groups in total. The summed E-state index contributed by atoms with van der Waals surface area (Å²) in [6.45, 7) is 1.97. The van der Waals surface area contributed by atoms with E-state index in [1.54, 1.807) is 7.11 Å². The number of sulfone groups is 1. The number of hydrazine groups is 1. The molecule has 1 atom stereocenters. The Morgan fingerprint density at radius 1 is 1.44 bits per heavy atom. The van der Waals surface area contributed by atoms with Crippen molar-refractivity contribution in [2.45, 2.75) is 19.4 Å². The molecule has 0 bridgehead atoms. The zero-order chi connectivity index (χ0) is 13.8. The van der Waals surface area contributed by atoms with Gasteiger partial charge in [-0.3, -0.25) is 11.3 Å². The molecule has 0 fully saturated rings. The van der Waals surface area contributed by atoms with Crippen molar-refractivity contribution in [1.82, 2.24) is 5.43 Å². The van der Waals surface area contributed by atoms with Gasteiger partial charge in [0, 0.05) is 11.8 Å². The molecule has 1 unspecified atom stereocenters. The average Bonchev–Trinajstić information content (AvgIpc) is 2.28. The van der Waals surface area contributed by atoms with Gasteiger partial charge in [0.05, 0.1) is 18.9 Å². The minimum atomic E-state index is -3.00. The maximum atomic E-state index is 11.2. The van der Waals surface area contributed by atoms with Gasteiger partial charge in [-0.05, 0) is 19.4 Å². The van der Waals surface area contributed by atoms with E-state index in [0.717, 1.165) is 11.1 Å². The van der Waals surface area contributed by atoms with E-state index in [-0.39, 0.29) is 11.8 Å². The summed E-state index contributed by atoms with van der Waals surface area (Å²) < 4.78 is 27.7. The fraction of sp³-hybridized carbons (Fsp3) is 0.500. The number of hydrogen-bond acceptors (Lipinski definition) is 5. The molecule has 5 nitrogen and oxygen atoms in total. The molecule has 0 aromatic heterocycles. The van der Waals surface area contributed by atoms with Gasteiger partial charge in [-0.15, -0.1) is 0 Å². The Labute approximate surface area is 108 Å². The maximum absolute atomic E-state index is 11.2. The van der Waals surface area contributed by atoms with E-state index in [2.05, 4.69) is 5.43 Å². The third-order valence-corrected chi connectivity index (χ3v) is 3.72. The van der Waals surface area contributed by atoms with Gasteiger partial charge < -0.3 is 4.74 Å². The molecule has 0 amide bonds. The SMILES string of the molecule is COc1ccc(C)cc1C(CCS(C)(=O)=O)NN. The van der Waals surface area contributed by atoms with E-state index in [4.69, 9.17) is 10.6 Å². The number of nitrogens with one attached hydrogen (secondary N) is 1. The monoisotopic (exact) mass is 272 g/mol. The van der Waals surface area contributed by atoms with Crippen LogP contribution in [0.3, 0.4) is 0 Å². The molecule has 0 aliphatic rings. The fourth-order valence-electron chi connectivity index (χ4n) is 1.79. The van der Waals surface area contributed by atoms with Crippen LogP contribution in [0.25, 0.3) is 0 Å². The van der Waals surface area contributed by atoms with Crippen molar-refractivity contribution in [3.8, 4) is 5.75 Å². The highest BCUT2D eigenvalue weighted by molar-refractivity contribution is 7.90. The molecule has 0 aliphatic heterocycles. The molecule has 1 rings (SSSR count). The highest BCUT2D eigenvalue weighted by Crippen LogP contribution is 2.28. The first-order valence-corrected chi connectivity index (χ1v) is 7.72. The highest BCUT2D eigenvalue weighted by atomic mass is 32.2. The lowest BCUT2D eigenvalue weighted by molar-refractivity contribution is 0.397. The number of nitrogens with two attached hydrogens (primary N) is 1. The van der Waals surface area contributed by atoms with Gasteiger partial charge in [-0.25, -0.2) is 8.42 Å². The molecule has 0 aliphatic carbocycles. The van der Waals surface area contributed by atoms with Gasteiger partial charge in [0.2, 0.25) is 0 Å². The van der Waals surface area contributed by atoms with Gasteiger partial charge in [-0.1, -0.05) is 17.7 Å². The molecule has 0 saturated carbocycles. The summed E-state index contributed by atoms with van der Waals surface area (Å²) in [5.74, 6) is 6.30. The van der Waals surface area contributed by atoms with Crippen LogP contribution in [0.5, 0.6) is 5.75 Å². The Morgan fingerprint density at radius 3 is 2.61 bits per heavy atom. The quantitative estimate of drug-likeness (QED) is 0.595. The maximum Gasteiger partial charge on any atom is 0.147 e. The highest BCUT2D eigenvalue weighted by Gasteiger charge is 2.17. The van der Waals surface area contributed by atoms with Crippen molar-refractivity contribution >= 4 is 9.84 Å². The lowest BCUT2D eigenvalue weighted by atomic mass is 10.0. The molecular weight excluding hydrogens is 252 g/mol. The number of hydrogen-bond donors (Lipinski definition) is 2. The summed E-state index contributed by atoms with van der Waals surface area (Å²) in [5.41, 5.74) is 4.60. The summed E-state index contributed by atoms with van der Waals surface area (Å²) in [7, 11) is -1.42. The van der Waals surface area contributed by atoms with Gasteiger partial charge in [-0.2, -0.15) is 0 Å². The molecule has 0 spiro atoms. The van der Waals surface area contributed by atoms with Crippen LogP contribution in [0.15, 0.2) is 18.2 Å². The predicted octanol–water partition coefficient (Wildman–Crippen LogP) is 0.943. The van der Waals surface area contributed by atoms with E-state index in [9.17, 15) is 8.42 Å². The van der Waals surface area contributed by atoms with Crippen molar-refractivity contribution in [2.75, 3.05) is 19.1 Å². The lowest BCUT2D eigenvalue weighted by Crippen LogP contribution is -2.30. The summed E-state index contributed by atoms with van der Waals surface area (Å²) in [5, 5.41) is 0. The average molecular weight is 272 g/mol. The minimum Gasteiger partial charge on any atom is -0.496 e. The fourth-order valence-corrected chi connectivity index (χ4v) is 2.45. The molecule has 18 heavy (non-hydrogen) atoms. The Bertz CT molecular complexity index is 500. The Morgan fingerprint density at radius 2 is 2.11 bits per heavy atom. The van der Waals surface area contributed by atoms with Gasteiger partial charge >= 0.3 is 0 Å². The molecule has 0 saturated heterocycles. The zero-order valence-electron chi connectivity index (χ0n) is 10.9. The van der Waals surface area contributed by atoms with Crippen LogP contribution in [0.4, 0.5) is 0 Å². The van der Waals surface area contributed by atoms with Crippen molar-refractivity contribution in [2.24, 2.45) is 5.84 Å². The summed E-state index contributed by atoms with van der Waals surface area (Å²) in [4.78, 5) is 0. The number of benzene rings is 1. The summed E-state index contributed by atoms with van der Waals surface area (Å²) >= 11 is 0. The van der Waals surface area contributed by atoms with Crippen LogP contribution in [0, 0.1) is 6.92 Å². The van der Waals surface area contributed by atoms with Gasteiger partial charge in [0.15, 0.2) is 0 Å². The molecule has 0 heterocycles. The van der Waals surface area contributed by atoms with Crippen LogP contribution < -0.4 is 16.0 Å². The first-order valence-electron chi connectivity index (χ1n) is 5.65. The normalized spacial score (nSPS) is 13.3. The standard InChI is InChI=1S/C12H20N2O3S/c1-9-4-5-12(17-2)10(8-9)11(14-13)6-7-18(3,15)16/h4-5,8,11,14H,6-7,13H2,1-3H3. The third-order valence-electron chi connectivity index (χ3n) is 2.74. The first-order chi connectivity index (χ1) is 8.37. The van der Waals surface area contributed by atoms with Crippen LogP contribution in [-0.2, 0) is 9.84 Å². The predicted molar refractivity (Wildman–Crippen MR) is 72.1 cm³/mol. The second kappa shape index (κ2) is 6.17. The first kappa shape index (κ1) is 14.9. The third kappa shape index (κ3) is 4.29. The Kier molecular flexibility index (Phi) is 5.13. The molecule has 6 heteroatoms. The lowest BCUT2D eigenvalue weighted by Gasteiger charge is -2.19. The number of rotatable bonds is 6. The van der Waals surface area contributed by atoms with Crippen molar-refractivity contribution in [3.05, 3.63) is 29.3 Å². The number of methoxy groups -OCH3 is 1. The number of ether oxygens (including phenoxy) is 1. The number of aryl methyl sites for hydroxylation is 1. The van der Waals surface area contributed by atoms with E-state index < -0.39 is 9.84 Å². The van der Waals surface area contributed by atoms with E-state index >= 15 is 0 Å². The topological polar surface area (TPSA) is 81.4 Å². The Balaban J connectivity index is 2.97.